The highest BCUT2D eigenvalue weighted by atomic mass is 16.5. The van der Waals surface area contributed by atoms with E-state index in [0.29, 0.717) is 11.3 Å². The Morgan fingerprint density at radius 1 is 1.21 bits per heavy atom. The molecule has 24 heavy (non-hydrogen) atoms. The molecular formula is C18H17N3O3. The smallest absolute Gasteiger partial charge is 0.333 e. The molecule has 0 radical (unpaired) electrons. The molecule has 0 aliphatic rings. The Balaban J connectivity index is 1.97. The van der Waals surface area contributed by atoms with Crippen molar-refractivity contribution < 1.29 is 14.6 Å². The minimum absolute atomic E-state index is 0.0393. The first kappa shape index (κ1) is 15.7. The molecule has 2 aromatic carbocycles. The predicted octanol–water partition coefficient (Wildman–Crippen LogP) is 3.31. The van der Waals surface area contributed by atoms with Crippen LogP contribution in [0.2, 0.25) is 0 Å². The lowest BCUT2D eigenvalue weighted by molar-refractivity contribution is -0.143. The lowest BCUT2D eigenvalue weighted by Crippen LogP contribution is -2.10. The number of fused-ring (bicyclic) bond motifs is 1. The first-order valence-corrected chi connectivity index (χ1v) is 7.47. The van der Waals surface area contributed by atoms with E-state index >= 15 is 0 Å². The highest BCUT2D eigenvalue weighted by Crippen LogP contribution is 2.27. The number of benzene rings is 2. The van der Waals surface area contributed by atoms with E-state index < -0.39 is 12.1 Å². The summed E-state index contributed by atoms with van der Waals surface area (Å²) >= 11 is 0. The lowest BCUT2D eigenvalue weighted by atomic mass is 10.1. The number of phenols is 1. The molecule has 0 saturated heterocycles. The van der Waals surface area contributed by atoms with Crippen LogP contribution in [0.15, 0.2) is 54.6 Å². The summed E-state index contributed by atoms with van der Waals surface area (Å²) in [6.07, 6.45) is -0.487. The van der Waals surface area contributed by atoms with Crippen LogP contribution >= 0.6 is 0 Å². The largest absolute Gasteiger partial charge is 0.506 e. The molecule has 1 aromatic heterocycles. The normalized spacial score (nSPS) is 12.1. The Kier molecular flexibility index (Phi) is 4.04. The molecule has 0 aliphatic carbocycles. The van der Waals surface area contributed by atoms with Gasteiger partial charge in [0.05, 0.1) is 0 Å². The van der Waals surface area contributed by atoms with Crippen molar-refractivity contribution in [2.75, 3.05) is 0 Å². The average molecular weight is 323 g/mol. The Morgan fingerprint density at radius 2 is 1.83 bits per heavy atom. The van der Waals surface area contributed by atoms with Crippen LogP contribution in [0.4, 0.5) is 0 Å². The van der Waals surface area contributed by atoms with Gasteiger partial charge in [0.15, 0.2) is 0 Å². The number of aromatic hydroxyl groups is 1. The summed E-state index contributed by atoms with van der Waals surface area (Å²) in [5.74, 6) is -0.419. The number of ether oxygens (including phenoxy) is 1. The summed E-state index contributed by atoms with van der Waals surface area (Å²) in [7, 11) is 0. The minimum Gasteiger partial charge on any atom is -0.506 e. The van der Waals surface area contributed by atoms with Gasteiger partial charge >= 0.3 is 5.97 Å². The van der Waals surface area contributed by atoms with Crippen molar-refractivity contribution in [1.29, 1.82) is 0 Å². The van der Waals surface area contributed by atoms with Crippen molar-refractivity contribution in [2.45, 2.75) is 20.0 Å². The van der Waals surface area contributed by atoms with Gasteiger partial charge in [-0.1, -0.05) is 24.8 Å². The molecule has 0 aliphatic heterocycles. The fraction of sp³-hybridized carbons (Fsp3) is 0.167. The molecule has 0 fully saturated rings. The van der Waals surface area contributed by atoms with E-state index in [9.17, 15) is 9.90 Å². The van der Waals surface area contributed by atoms with Gasteiger partial charge in [0.25, 0.3) is 0 Å². The molecule has 3 rings (SSSR count). The van der Waals surface area contributed by atoms with Crippen molar-refractivity contribution in [3.8, 4) is 11.4 Å². The van der Waals surface area contributed by atoms with Crippen molar-refractivity contribution in [1.82, 2.24) is 15.0 Å². The van der Waals surface area contributed by atoms with Gasteiger partial charge < -0.3 is 9.84 Å². The monoisotopic (exact) mass is 323 g/mol. The van der Waals surface area contributed by atoms with E-state index in [0.717, 1.165) is 16.6 Å². The number of esters is 1. The van der Waals surface area contributed by atoms with Crippen molar-refractivity contribution in [3.05, 3.63) is 60.2 Å². The minimum atomic E-state index is -0.487. The van der Waals surface area contributed by atoms with Gasteiger partial charge in [-0.3, -0.25) is 0 Å². The van der Waals surface area contributed by atoms with Crippen LogP contribution in [0.5, 0.6) is 5.75 Å². The molecule has 6 heteroatoms. The van der Waals surface area contributed by atoms with Gasteiger partial charge in [-0.15, -0.1) is 15.0 Å². The molecule has 0 spiro atoms. The first-order chi connectivity index (χ1) is 11.5. The number of phenolic OH excluding ortho intramolecular Hbond substituents is 1. The number of nitrogens with zero attached hydrogens (tertiary/aromatic N) is 3. The van der Waals surface area contributed by atoms with E-state index in [1.807, 2.05) is 24.3 Å². The fourth-order valence-electron chi connectivity index (χ4n) is 2.25. The number of rotatable bonds is 4. The second kappa shape index (κ2) is 6.16. The Morgan fingerprint density at radius 3 is 2.42 bits per heavy atom. The van der Waals surface area contributed by atoms with Crippen LogP contribution in [-0.4, -0.2) is 26.1 Å². The standard InChI is InChI=1S/C18H17N3O3/c1-11(2)18(23)24-12(3)13-8-9-17(22)16(10-13)21-19-14-6-4-5-7-15(14)20-21/h4-10,12,22H,1H2,2-3H3. The third-order valence-corrected chi connectivity index (χ3v) is 3.60. The molecule has 1 heterocycles. The number of carbonyl (C=O) groups is 1. The molecule has 122 valence electrons. The highest BCUT2D eigenvalue weighted by molar-refractivity contribution is 5.87. The second-order valence-electron chi connectivity index (χ2n) is 5.55. The van der Waals surface area contributed by atoms with Crippen LogP contribution < -0.4 is 0 Å². The maximum Gasteiger partial charge on any atom is 0.333 e. The van der Waals surface area contributed by atoms with Crippen LogP contribution in [0, 0.1) is 0 Å². The zero-order valence-corrected chi connectivity index (χ0v) is 13.4. The van der Waals surface area contributed by atoms with Gasteiger partial charge in [0.1, 0.15) is 28.6 Å². The average Bonchev–Trinajstić information content (AvgIpc) is 2.98. The Labute approximate surface area is 139 Å². The van der Waals surface area contributed by atoms with Crippen LogP contribution in [0.3, 0.4) is 0 Å². The molecule has 1 N–H and O–H groups in total. The Bertz CT molecular complexity index is 897. The van der Waals surface area contributed by atoms with Gasteiger partial charge in [-0.05, 0) is 43.7 Å². The van der Waals surface area contributed by atoms with Gasteiger partial charge in [0, 0.05) is 5.57 Å². The van der Waals surface area contributed by atoms with Crippen LogP contribution in [-0.2, 0) is 9.53 Å². The van der Waals surface area contributed by atoms with Crippen LogP contribution in [0.25, 0.3) is 16.7 Å². The fourth-order valence-corrected chi connectivity index (χ4v) is 2.25. The molecule has 0 bridgehead atoms. The van der Waals surface area contributed by atoms with E-state index in [1.165, 1.54) is 10.9 Å². The summed E-state index contributed by atoms with van der Waals surface area (Å²) in [5.41, 5.74) is 2.93. The molecule has 1 unspecified atom stereocenters. The van der Waals surface area contributed by atoms with E-state index in [4.69, 9.17) is 4.74 Å². The summed E-state index contributed by atoms with van der Waals surface area (Å²) < 4.78 is 5.32. The summed E-state index contributed by atoms with van der Waals surface area (Å²) in [4.78, 5) is 13.0. The number of hydrogen-bond acceptors (Lipinski definition) is 5. The molecule has 0 saturated carbocycles. The zero-order chi connectivity index (χ0) is 17.3. The third-order valence-electron chi connectivity index (χ3n) is 3.60. The first-order valence-electron chi connectivity index (χ1n) is 7.47. The summed E-state index contributed by atoms with van der Waals surface area (Å²) in [6, 6.07) is 12.4. The summed E-state index contributed by atoms with van der Waals surface area (Å²) in [5, 5.41) is 18.9. The second-order valence-corrected chi connectivity index (χ2v) is 5.55. The maximum atomic E-state index is 11.7. The quantitative estimate of drug-likeness (QED) is 0.589. The van der Waals surface area contributed by atoms with E-state index in [2.05, 4.69) is 16.8 Å². The number of aromatic nitrogens is 3. The predicted molar refractivity (Wildman–Crippen MR) is 89.9 cm³/mol. The molecule has 1 atom stereocenters. The molecule has 3 aromatic rings. The highest BCUT2D eigenvalue weighted by Gasteiger charge is 2.16. The third kappa shape index (κ3) is 2.99. The summed E-state index contributed by atoms with van der Waals surface area (Å²) in [6.45, 7) is 6.91. The topological polar surface area (TPSA) is 77.2 Å². The molecule has 6 nitrogen and oxygen atoms in total. The van der Waals surface area contributed by atoms with Gasteiger partial charge in [-0.2, -0.15) is 0 Å². The van der Waals surface area contributed by atoms with Gasteiger partial charge in [-0.25, -0.2) is 4.79 Å². The van der Waals surface area contributed by atoms with Gasteiger partial charge in [0.2, 0.25) is 0 Å². The van der Waals surface area contributed by atoms with E-state index in [1.54, 1.807) is 26.0 Å². The maximum absolute atomic E-state index is 11.7. The Hall–Kier alpha value is -3.15. The van der Waals surface area contributed by atoms with Crippen molar-refractivity contribution >= 4 is 17.0 Å². The lowest BCUT2D eigenvalue weighted by Gasteiger charge is -2.15. The molecular weight excluding hydrogens is 306 g/mol. The molecule has 0 amide bonds. The van der Waals surface area contributed by atoms with E-state index in [-0.39, 0.29) is 5.75 Å². The number of carbonyl (C=O) groups excluding carboxylic acids is 1. The number of hydrogen-bond donors (Lipinski definition) is 1. The van der Waals surface area contributed by atoms with Crippen molar-refractivity contribution in [3.63, 3.8) is 0 Å². The SMILES string of the molecule is C=C(C)C(=O)OC(C)c1ccc(O)c(-n2nc3ccccc3n2)c1. The zero-order valence-electron chi connectivity index (χ0n) is 13.4. The van der Waals surface area contributed by atoms with Crippen LogP contribution in [0.1, 0.15) is 25.5 Å². The van der Waals surface area contributed by atoms with Crippen molar-refractivity contribution in [2.24, 2.45) is 0 Å².